The summed E-state index contributed by atoms with van der Waals surface area (Å²) in [7, 11) is 0. The van der Waals surface area contributed by atoms with E-state index in [4.69, 9.17) is 5.11 Å². The predicted molar refractivity (Wildman–Crippen MR) is 97.1 cm³/mol. The van der Waals surface area contributed by atoms with E-state index in [1.807, 2.05) is 12.1 Å². The average molecular weight is 321 g/mol. The Kier molecular flexibility index (Phi) is 5.11. The first-order chi connectivity index (χ1) is 11.7. The van der Waals surface area contributed by atoms with Crippen molar-refractivity contribution in [3.8, 4) is 0 Å². The fraction of sp³-hybridized carbons (Fsp3) is 0.286. The molecule has 3 heteroatoms. The molecule has 0 spiro atoms. The average Bonchev–Trinajstić information content (AvgIpc) is 2.63. The Balaban J connectivity index is 1.64. The van der Waals surface area contributed by atoms with Crippen LogP contribution < -0.4 is 0 Å². The van der Waals surface area contributed by atoms with Crippen molar-refractivity contribution in [1.82, 2.24) is 4.90 Å². The largest absolute Gasteiger partial charge is 0.478 e. The van der Waals surface area contributed by atoms with Crippen LogP contribution in [0.1, 0.15) is 40.4 Å². The van der Waals surface area contributed by atoms with Crippen LogP contribution >= 0.6 is 0 Å². The zero-order chi connectivity index (χ0) is 16.9. The van der Waals surface area contributed by atoms with E-state index in [9.17, 15) is 4.79 Å². The number of carboxylic acids is 1. The highest BCUT2D eigenvalue weighted by Crippen LogP contribution is 2.23. The normalized spacial score (nSPS) is 15.1. The Morgan fingerprint density at radius 1 is 1.12 bits per heavy atom. The SMILES string of the molecule is CCc1ccc(C2=CCN(Cc3cccc(C(=O)O)c3)CC2)cc1. The first-order valence-electron chi connectivity index (χ1n) is 8.48. The number of rotatable bonds is 5. The van der Waals surface area contributed by atoms with Gasteiger partial charge in [0.2, 0.25) is 0 Å². The second-order valence-corrected chi connectivity index (χ2v) is 6.27. The zero-order valence-electron chi connectivity index (χ0n) is 14.0. The second-order valence-electron chi connectivity index (χ2n) is 6.27. The predicted octanol–water partition coefficient (Wildman–Crippen LogP) is 4.24. The van der Waals surface area contributed by atoms with E-state index >= 15 is 0 Å². The summed E-state index contributed by atoms with van der Waals surface area (Å²) in [5, 5.41) is 9.09. The minimum Gasteiger partial charge on any atom is -0.478 e. The molecule has 0 aliphatic carbocycles. The smallest absolute Gasteiger partial charge is 0.335 e. The standard InChI is InChI=1S/C21H23NO2/c1-2-16-6-8-18(9-7-16)19-10-12-22(13-11-19)15-17-4-3-5-20(14-17)21(23)24/h3-10,14H,2,11-13,15H2,1H3,(H,23,24). The lowest BCUT2D eigenvalue weighted by atomic mass is 9.97. The molecule has 0 radical (unpaired) electrons. The molecular formula is C21H23NO2. The molecule has 24 heavy (non-hydrogen) atoms. The number of benzene rings is 2. The molecule has 0 bridgehead atoms. The zero-order valence-corrected chi connectivity index (χ0v) is 14.0. The summed E-state index contributed by atoms with van der Waals surface area (Å²) in [6, 6.07) is 16.1. The third-order valence-electron chi connectivity index (χ3n) is 4.61. The summed E-state index contributed by atoms with van der Waals surface area (Å²) >= 11 is 0. The minimum atomic E-state index is -0.867. The van der Waals surface area contributed by atoms with E-state index in [1.54, 1.807) is 12.1 Å². The fourth-order valence-electron chi connectivity index (χ4n) is 3.13. The lowest BCUT2D eigenvalue weighted by molar-refractivity contribution is 0.0696. The van der Waals surface area contributed by atoms with Gasteiger partial charge in [-0.3, -0.25) is 4.90 Å². The summed E-state index contributed by atoms with van der Waals surface area (Å²) in [6.07, 6.45) is 4.40. The Bertz CT molecular complexity index is 747. The lowest BCUT2D eigenvalue weighted by Crippen LogP contribution is -2.28. The summed E-state index contributed by atoms with van der Waals surface area (Å²) < 4.78 is 0. The maximum Gasteiger partial charge on any atom is 0.335 e. The molecule has 3 rings (SSSR count). The molecule has 1 heterocycles. The lowest BCUT2D eigenvalue weighted by Gasteiger charge is -2.26. The first-order valence-corrected chi connectivity index (χ1v) is 8.48. The van der Waals surface area contributed by atoms with Crippen LogP contribution in [-0.2, 0) is 13.0 Å². The number of aryl methyl sites for hydroxylation is 1. The van der Waals surface area contributed by atoms with Gasteiger partial charge in [0.1, 0.15) is 0 Å². The van der Waals surface area contributed by atoms with Crippen LogP contribution in [0.2, 0.25) is 0 Å². The second kappa shape index (κ2) is 7.45. The van der Waals surface area contributed by atoms with Gasteiger partial charge in [-0.2, -0.15) is 0 Å². The highest BCUT2D eigenvalue weighted by molar-refractivity contribution is 5.87. The summed E-state index contributed by atoms with van der Waals surface area (Å²) in [5.41, 5.74) is 5.51. The van der Waals surface area contributed by atoms with E-state index in [-0.39, 0.29) is 0 Å². The van der Waals surface area contributed by atoms with Gasteiger partial charge in [0.05, 0.1) is 5.56 Å². The van der Waals surface area contributed by atoms with Crippen molar-refractivity contribution in [2.24, 2.45) is 0 Å². The maximum absolute atomic E-state index is 11.1. The Labute approximate surface area is 143 Å². The van der Waals surface area contributed by atoms with Gasteiger partial charge in [0.25, 0.3) is 0 Å². The van der Waals surface area contributed by atoms with Gasteiger partial charge in [-0.15, -0.1) is 0 Å². The molecule has 1 aliphatic rings. The molecule has 1 N–H and O–H groups in total. The molecule has 1 aliphatic heterocycles. The summed E-state index contributed by atoms with van der Waals surface area (Å²) in [6.45, 7) is 4.87. The van der Waals surface area contributed by atoms with E-state index in [0.29, 0.717) is 5.56 Å². The van der Waals surface area contributed by atoms with Gasteiger partial charge in [-0.25, -0.2) is 4.79 Å². The number of carboxylic acid groups (broad SMARTS) is 1. The molecule has 0 atom stereocenters. The van der Waals surface area contributed by atoms with Crippen molar-refractivity contribution in [2.75, 3.05) is 13.1 Å². The quantitative estimate of drug-likeness (QED) is 0.895. The van der Waals surface area contributed by atoms with Crippen molar-refractivity contribution < 1.29 is 9.90 Å². The maximum atomic E-state index is 11.1. The van der Waals surface area contributed by atoms with Gasteiger partial charge in [0.15, 0.2) is 0 Å². The van der Waals surface area contributed by atoms with Crippen LogP contribution in [0.15, 0.2) is 54.6 Å². The molecule has 2 aromatic carbocycles. The van der Waals surface area contributed by atoms with E-state index in [0.717, 1.165) is 38.0 Å². The van der Waals surface area contributed by atoms with Crippen molar-refractivity contribution in [2.45, 2.75) is 26.3 Å². The van der Waals surface area contributed by atoms with Gasteiger partial charge in [-0.05, 0) is 47.2 Å². The Hall–Kier alpha value is -2.39. The Morgan fingerprint density at radius 3 is 2.54 bits per heavy atom. The Morgan fingerprint density at radius 2 is 1.92 bits per heavy atom. The number of aromatic carboxylic acids is 1. The molecule has 0 aromatic heterocycles. The molecule has 124 valence electrons. The molecule has 0 saturated carbocycles. The number of hydrogen-bond acceptors (Lipinski definition) is 2. The fourth-order valence-corrected chi connectivity index (χ4v) is 3.13. The molecular weight excluding hydrogens is 298 g/mol. The van der Waals surface area contributed by atoms with E-state index in [2.05, 4.69) is 42.2 Å². The van der Waals surface area contributed by atoms with Gasteiger partial charge in [0, 0.05) is 19.6 Å². The topological polar surface area (TPSA) is 40.5 Å². The monoisotopic (exact) mass is 321 g/mol. The number of hydrogen-bond donors (Lipinski definition) is 1. The van der Waals surface area contributed by atoms with Crippen molar-refractivity contribution in [1.29, 1.82) is 0 Å². The van der Waals surface area contributed by atoms with Crippen molar-refractivity contribution in [3.63, 3.8) is 0 Å². The highest BCUT2D eigenvalue weighted by atomic mass is 16.4. The van der Waals surface area contributed by atoms with Gasteiger partial charge < -0.3 is 5.11 Å². The molecule has 3 nitrogen and oxygen atoms in total. The van der Waals surface area contributed by atoms with Gasteiger partial charge >= 0.3 is 5.97 Å². The van der Waals surface area contributed by atoms with Gasteiger partial charge in [-0.1, -0.05) is 49.4 Å². The van der Waals surface area contributed by atoms with E-state index in [1.165, 1.54) is 16.7 Å². The number of nitrogens with zero attached hydrogens (tertiary/aromatic N) is 1. The number of carbonyl (C=O) groups is 1. The van der Waals surface area contributed by atoms with Crippen LogP contribution in [0.3, 0.4) is 0 Å². The third-order valence-corrected chi connectivity index (χ3v) is 4.61. The van der Waals surface area contributed by atoms with Crippen LogP contribution in [0, 0.1) is 0 Å². The van der Waals surface area contributed by atoms with Crippen LogP contribution in [0.5, 0.6) is 0 Å². The summed E-state index contributed by atoms with van der Waals surface area (Å²) in [5.74, 6) is -0.867. The summed E-state index contributed by atoms with van der Waals surface area (Å²) in [4.78, 5) is 13.4. The third kappa shape index (κ3) is 3.92. The first kappa shape index (κ1) is 16.5. The van der Waals surface area contributed by atoms with Crippen LogP contribution in [0.25, 0.3) is 5.57 Å². The van der Waals surface area contributed by atoms with Crippen LogP contribution in [-0.4, -0.2) is 29.1 Å². The van der Waals surface area contributed by atoms with E-state index < -0.39 is 5.97 Å². The molecule has 0 unspecified atom stereocenters. The van der Waals surface area contributed by atoms with Crippen molar-refractivity contribution in [3.05, 3.63) is 76.9 Å². The van der Waals surface area contributed by atoms with Crippen LogP contribution in [0.4, 0.5) is 0 Å². The molecule has 0 fully saturated rings. The minimum absolute atomic E-state index is 0.358. The molecule has 2 aromatic rings. The molecule has 0 saturated heterocycles. The molecule has 0 amide bonds. The highest BCUT2D eigenvalue weighted by Gasteiger charge is 2.14. The van der Waals surface area contributed by atoms with Crippen molar-refractivity contribution >= 4 is 11.5 Å².